The van der Waals surface area contributed by atoms with Crippen molar-refractivity contribution in [2.45, 2.75) is 19.1 Å². The molecule has 0 fully saturated rings. The van der Waals surface area contributed by atoms with Gasteiger partial charge >= 0.3 is 12.1 Å². The van der Waals surface area contributed by atoms with Gasteiger partial charge in [0, 0.05) is 11.8 Å². The molecule has 0 bridgehead atoms. The number of hydrogen-bond acceptors (Lipinski definition) is 4. The standard InChI is InChI=1S/C16H13F4N3O4/c1-8-5-12(24)13(14(25)21-11(7-17)15(26)27)22-23(8)10-4-2-3-9(6-10)16(18,19)20/h2-6,11H,7H2,1H3,(H,21,25)(H,26,27). The number of carbonyl (C=O) groups excluding carboxylic acids is 1. The molecule has 0 saturated heterocycles. The van der Waals surface area contributed by atoms with Crippen LogP contribution in [-0.2, 0) is 11.0 Å². The predicted molar refractivity (Wildman–Crippen MR) is 84.4 cm³/mol. The van der Waals surface area contributed by atoms with Crippen molar-refractivity contribution in [2.24, 2.45) is 0 Å². The van der Waals surface area contributed by atoms with Gasteiger partial charge < -0.3 is 10.4 Å². The molecule has 2 N–H and O–H groups in total. The minimum Gasteiger partial charge on any atom is -0.480 e. The second-order valence-electron chi connectivity index (χ2n) is 5.48. The number of aryl methyl sites for hydroxylation is 1. The lowest BCUT2D eigenvalue weighted by molar-refractivity contribution is -0.139. The summed E-state index contributed by atoms with van der Waals surface area (Å²) in [6.07, 6.45) is -4.61. The number of halogens is 4. The first-order valence-electron chi connectivity index (χ1n) is 7.43. The van der Waals surface area contributed by atoms with Crippen LogP contribution in [0.5, 0.6) is 0 Å². The smallest absolute Gasteiger partial charge is 0.416 e. The first-order chi connectivity index (χ1) is 12.5. The second kappa shape index (κ2) is 7.56. The Morgan fingerprint density at radius 3 is 2.52 bits per heavy atom. The minimum atomic E-state index is -4.61. The van der Waals surface area contributed by atoms with Gasteiger partial charge in [-0.05, 0) is 25.1 Å². The third-order valence-electron chi connectivity index (χ3n) is 3.50. The van der Waals surface area contributed by atoms with Crippen LogP contribution in [0.2, 0.25) is 0 Å². The van der Waals surface area contributed by atoms with E-state index in [2.05, 4.69) is 5.10 Å². The van der Waals surface area contributed by atoms with Gasteiger partial charge in [0.05, 0.1) is 11.3 Å². The van der Waals surface area contributed by atoms with Crippen LogP contribution < -0.4 is 10.7 Å². The van der Waals surface area contributed by atoms with Crippen LogP contribution in [-0.4, -0.2) is 39.5 Å². The first kappa shape index (κ1) is 20.1. The number of hydrogen-bond donors (Lipinski definition) is 2. The Morgan fingerprint density at radius 2 is 1.96 bits per heavy atom. The summed E-state index contributed by atoms with van der Waals surface area (Å²) in [6, 6.07) is 3.08. The van der Waals surface area contributed by atoms with Crippen molar-refractivity contribution in [1.29, 1.82) is 0 Å². The lowest BCUT2D eigenvalue weighted by Gasteiger charge is -2.14. The molecule has 0 aliphatic heterocycles. The molecule has 1 aromatic heterocycles. The van der Waals surface area contributed by atoms with Crippen molar-refractivity contribution in [3.05, 3.63) is 57.5 Å². The molecule has 0 saturated carbocycles. The largest absolute Gasteiger partial charge is 0.480 e. The highest BCUT2D eigenvalue weighted by molar-refractivity contribution is 5.94. The number of aliphatic carboxylic acids is 1. The van der Waals surface area contributed by atoms with Crippen molar-refractivity contribution in [1.82, 2.24) is 15.1 Å². The van der Waals surface area contributed by atoms with Crippen molar-refractivity contribution in [2.75, 3.05) is 6.67 Å². The SMILES string of the molecule is Cc1cc(=O)c(C(=O)NC(CF)C(=O)O)nn1-c1cccc(C(F)(F)F)c1. The summed E-state index contributed by atoms with van der Waals surface area (Å²) in [4.78, 5) is 34.8. The summed E-state index contributed by atoms with van der Waals surface area (Å²) in [7, 11) is 0. The lowest BCUT2D eigenvalue weighted by atomic mass is 10.2. The van der Waals surface area contributed by atoms with Gasteiger partial charge in [0.25, 0.3) is 5.91 Å². The third kappa shape index (κ3) is 4.49. The van der Waals surface area contributed by atoms with E-state index in [9.17, 15) is 31.9 Å². The fourth-order valence-corrected chi connectivity index (χ4v) is 2.17. The maximum atomic E-state index is 12.9. The molecule has 1 aromatic carbocycles. The Morgan fingerprint density at radius 1 is 1.30 bits per heavy atom. The molecule has 2 aromatic rings. The minimum absolute atomic E-state index is 0.0725. The molecule has 0 radical (unpaired) electrons. The van der Waals surface area contributed by atoms with Crippen molar-refractivity contribution in [3.63, 3.8) is 0 Å². The average Bonchev–Trinajstić information content (AvgIpc) is 2.58. The normalized spacial score (nSPS) is 12.5. The van der Waals surface area contributed by atoms with Crippen LogP contribution in [0.1, 0.15) is 21.7 Å². The number of carboxylic acids is 1. The van der Waals surface area contributed by atoms with Crippen LogP contribution in [0.3, 0.4) is 0 Å². The van der Waals surface area contributed by atoms with Crippen molar-refractivity contribution >= 4 is 11.9 Å². The molecule has 1 amide bonds. The maximum Gasteiger partial charge on any atom is 0.416 e. The van der Waals surface area contributed by atoms with E-state index < -0.39 is 47.5 Å². The van der Waals surface area contributed by atoms with Gasteiger partial charge in [-0.2, -0.15) is 18.3 Å². The van der Waals surface area contributed by atoms with Crippen LogP contribution in [0.15, 0.2) is 35.1 Å². The number of carboxylic acid groups (broad SMARTS) is 1. The highest BCUT2D eigenvalue weighted by atomic mass is 19.4. The van der Waals surface area contributed by atoms with Gasteiger partial charge in [-0.3, -0.25) is 9.59 Å². The summed E-state index contributed by atoms with van der Waals surface area (Å²) >= 11 is 0. The van der Waals surface area contributed by atoms with Crippen LogP contribution >= 0.6 is 0 Å². The van der Waals surface area contributed by atoms with Crippen molar-refractivity contribution < 1.29 is 32.3 Å². The topological polar surface area (TPSA) is 101 Å². The van der Waals surface area contributed by atoms with Crippen LogP contribution in [0.4, 0.5) is 17.6 Å². The van der Waals surface area contributed by atoms with E-state index in [4.69, 9.17) is 5.11 Å². The summed E-state index contributed by atoms with van der Waals surface area (Å²) < 4.78 is 52.2. The van der Waals surface area contributed by atoms with E-state index in [0.717, 1.165) is 28.9 Å². The summed E-state index contributed by atoms with van der Waals surface area (Å²) in [5.74, 6) is -2.91. The molecule has 11 heteroatoms. The number of carbonyl (C=O) groups is 2. The number of benzene rings is 1. The highest BCUT2D eigenvalue weighted by Crippen LogP contribution is 2.30. The van der Waals surface area contributed by atoms with Gasteiger partial charge in [0.15, 0.2) is 11.7 Å². The Kier molecular flexibility index (Phi) is 5.62. The quantitative estimate of drug-likeness (QED) is 0.761. The molecule has 1 unspecified atom stereocenters. The van der Waals surface area contributed by atoms with Crippen LogP contribution in [0.25, 0.3) is 5.69 Å². The Hall–Kier alpha value is -3.24. The Bertz CT molecular complexity index is 940. The number of amides is 1. The molecule has 0 spiro atoms. The molecule has 144 valence electrons. The maximum absolute atomic E-state index is 12.9. The third-order valence-corrected chi connectivity index (χ3v) is 3.50. The molecule has 2 rings (SSSR count). The van der Waals surface area contributed by atoms with Crippen molar-refractivity contribution in [3.8, 4) is 5.69 Å². The predicted octanol–water partition coefficient (Wildman–Crippen LogP) is 1.71. The van der Waals surface area contributed by atoms with E-state index in [0.29, 0.717) is 0 Å². The molecule has 7 nitrogen and oxygen atoms in total. The van der Waals surface area contributed by atoms with E-state index in [1.807, 2.05) is 0 Å². The molecule has 0 aliphatic carbocycles. The first-order valence-corrected chi connectivity index (χ1v) is 7.43. The average molecular weight is 387 g/mol. The van der Waals surface area contributed by atoms with Crippen LogP contribution in [0, 0.1) is 6.92 Å². The molecular formula is C16H13F4N3O4. The number of alkyl halides is 4. The molecular weight excluding hydrogens is 374 g/mol. The summed E-state index contributed by atoms with van der Waals surface area (Å²) in [6.45, 7) is -0.0350. The van der Waals surface area contributed by atoms with Gasteiger partial charge in [0.1, 0.15) is 6.67 Å². The summed E-state index contributed by atoms with van der Waals surface area (Å²) in [5.41, 5.74) is -2.57. The number of nitrogens with zero attached hydrogens (tertiary/aromatic N) is 2. The number of rotatable bonds is 5. The zero-order valence-electron chi connectivity index (χ0n) is 13.7. The molecule has 1 atom stereocenters. The number of aromatic nitrogens is 2. The highest BCUT2D eigenvalue weighted by Gasteiger charge is 2.31. The van der Waals surface area contributed by atoms with Gasteiger partial charge in [0.2, 0.25) is 5.43 Å². The van der Waals surface area contributed by atoms with E-state index in [1.165, 1.54) is 13.0 Å². The molecule has 27 heavy (non-hydrogen) atoms. The fourth-order valence-electron chi connectivity index (χ4n) is 2.17. The monoisotopic (exact) mass is 387 g/mol. The summed E-state index contributed by atoms with van der Waals surface area (Å²) in [5, 5.41) is 14.3. The zero-order valence-corrected chi connectivity index (χ0v) is 13.7. The Labute approximate surface area is 149 Å². The Balaban J connectivity index is 2.49. The number of nitrogens with one attached hydrogen (secondary N) is 1. The van der Waals surface area contributed by atoms with E-state index >= 15 is 0 Å². The van der Waals surface area contributed by atoms with E-state index in [1.54, 1.807) is 5.32 Å². The van der Waals surface area contributed by atoms with Gasteiger partial charge in [-0.25, -0.2) is 13.9 Å². The second-order valence-corrected chi connectivity index (χ2v) is 5.48. The molecule has 1 heterocycles. The van der Waals surface area contributed by atoms with Gasteiger partial charge in [-0.15, -0.1) is 0 Å². The fraction of sp³-hybridized carbons (Fsp3) is 0.250. The van der Waals surface area contributed by atoms with E-state index in [-0.39, 0.29) is 11.4 Å². The van der Waals surface area contributed by atoms with Gasteiger partial charge in [-0.1, -0.05) is 6.07 Å². The molecule has 0 aliphatic rings. The zero-order chi connectivity index (χ0) is 20.4. The lowest BCUT2D eigenvalue weighted by Crippen LogP contribution is -2.44.